The molecule has 2 amide bonds. The Morgan fingerprint density at radius 3 is 3.00 bits per heavy atom. The van der Waals surface area contributed by atoms with Crippen LogP contribution in [0.1, 0.15) is 11.6 Å². The third-order valence-corrected chi connectivity index (χ3v) is 3.35. The third kappa shape index (κ3) is 2.39. The summed E-state index contributed by atoms with van der Waals surface area (Å²) in [4.78, 5) is 23.1. The standard InChI is InChI=1S/C13H15N3O3/c17-12-6-14-9(5-15-12)13(18)16-10-7-19-11-4-2-1-3-8(10)11/h1-4,9-10,14H,5-7H2,(H,15,17)(H,16,18). The van der Waals surface area contributed by atoms with E-state index < -0.39 is 0 Å². The van der Waals surface area contributed by atoms with Crippen LogP contribution in [-0.2, 0) is 9.59 Å². The molecule has 0 radical (unpaired) electrons. The fourth-order valence-corrected chi connectivity index (χ4v) is 2.31. The molecule has 1 aromatic carbocycles. The Hall–Kier alpha value is -2.08. The highest BCUT2D eigenvalue weighted by Gasteiger charge is 2.29. The highest BCUT2D eigenvalue weighted by atomic mass is 16.5. The second-order valence-electron chi connectivity index (χ2n) is 4.65. The van der Waals surface area contributed by atoms with Gasteiger partial charge in [-0.3, -0.25) is 14.9 Å². The summed E-state index contributed by atoms with van der Waals surface area (Å²) in [5, 5.41) is 8.51. The molecule has 2 aliphatic rings. The first kappa shape index (κ1) is 12.0. The summed E-state index contributed by atoms with van der Waals surface area (Å²) in [6, 6.07) is 7.16. The number of amides is 2. The van der Waals surface area contributed by atoms with Crippen molar-refractivity contribution < 1.29 is 14.3 Å². The molecule has 1 aromatic rings. The first-order valence-electron chi connectivity index (χ1n) is 6.26. The molecule has 0 saturated carbocycles. The maximum Gasteiger partial charge on any atom is 0.239 e. The van der Waals surface area contributed by atoms with Gasteiger partial charge in [-0.2, -0.15) is 0 Å². The molecule has 3 rings (SSSR count). The number of hydrogen-bond donors (Lipinski definition) is 3. The van der Waals surface area contributed by atoms with Crippen molar-refractivity contribution in [2.24, 2.45) is 0 Å². The molecule has 6 nitrogen and oxygen atoms in total. The summed E-state index contributed by atoms with van der Waals surface area (Å²) in [6.07, 6.45) is 0. The minimum absolute atomic E-state index is 0.0846. The number of ether oxygens (including phenoxy) is 1. The Kier molecular flexibility index (Phi) is 3.08. The van der Waals surface area contributed by atoms with E-state index in [4.69, 9.17) is 4.74 Å². The molecule has 0 aromatic heterocycles. The average molecular weight is 261 g/mol. The van der Waals surface area contributed by atoms with Crippen molar-refractivity contribution >= 4 is 11.8 Å². The van der Waals surface area contributed by atoms with Crippen molar-refractivity contribution in [3.05, 3.63) is 29.8 Å². The van der Waals surface area contributed by atoms with E-state index in [-0.39, 0.29) is 30.4 Å². The predicted molar refractivity (Wildman–Crippen MR) is 67.6 cm³/mol. The van der Waals surface area contributed by atoms with Gasteiger partial charge in [-0.15, -0.1) is 0 Å². The summed E-state index contributed by atoms with van der Waals surface area (Å²) in [5.41, 5.74) is 0.996. The van der Waals surface area contributed by atoms with Gasteiger partial charge < -0.3 is 15.4 Å². The number of carbonyl (C=O) groups excluding carboxylic acids is 2. The molecular formula is C13H15N3O3. The molecular weight excluding hydrogens is 246 g/mol. The maximum atomic E-state index is 12.1. The second kappa shape index (κ2) is 4.89. The Morgan fingerprint density at radius 1 is 1.37 bits per heavy atom. The SMILES string of the molecule is O=C1CNC(C(=O)NC2COc3ccccc32)CN1. The first-order chi connectivity index (χ1) is 9.24. The van der Waals surface area contributed by atoms with E-state index >= 15 is 0 Å². The number of para-hydroxylation sites is 1. The number of piperazine rings is 1. The quantitative estimate of drug-likeness (QED) is 0.659. The summed E-state index contributed by atoms with van der Waals surface area (Å²) in [7, 11) is 0. The van der Waals surface area contributed by atoms with Gasteiger partial charge in [0.05, 0.1) is 12.6 Å². The number of carbonyl (C=O) groups is 2. The zero-order valence-electron chi connectivity index (χ0n) is 10.3. The number of fused-ring (bicyclic) bond motifs is 1. The van der Waals surface area contributed by atoms with E-state index in [0.717, 1.165) is 11.3 Å². The molecule has 2 atom stereocenters. The van der Waals surface area contributed by atoms with E-state index in [9.17, 15) is 9.59 Å². The van der Waals surface area contributed by atoms with Gasteiger partial charge in [0.1, 0.15) is 18.4 Å². The van der Waals surface area contributed by atoms with E-state index in [1.54, 1.807) is 0 Å². The lowest BCUT2D eigenvalue weighted by molar-refractivity contribution is -0.127. The van der Waals surface area contributed by atoms with Crippen LogP contribution in [0.2, 0.25) is 0 Å². The molecule has 1 fully saturated rings. The van der Waals surface area contributed by atoms with Gasteiger partial charge in [0, 0.05) is 12.1 Å². The van der Waals surface area contributed by atoms with E-state index in [1.807, 2.05) is 24.3 Å². The molecule has 1 saturated heterocycles. The lowest BCUT2D eigenvalue weighted by Crippen LogP contribution is -2.58. The Labute approximate surface area is 110 Å². The van der Waals surface area contributed by atoms with Crippen LogP contribution < -0.4 is 20.7 Å². The van der Waals surface area contributed by atoms with Crippen LogP contribution in [-0.4, -0.2) is 37.6 Å². The zero-order chi connectivity index (χ0) is 13.2. The third-order valence-electron chi connectivity index (χ3n) is 3.35. The molecule has 3 N–H and O–H groups in total. The predicted octanol–water partition coefficient (Wildman–Crippen LogP) is -0.676. The number of nitrogens with one attached hydrogen (secondary N) is 3. The minimum Gasteiger partial charge on any atom is -0.491 e. The van der Waals surface area contributed by atoms with Gasteiger partial charge in [0.2, 0.25) is 11.8 Å². The largest absolute Gasteiger partial charge is 0.491 e. The van der Waals surface area contributed by atoms with Crippen molar-refractivity contribution in [2.75, 3.05) is 19.7 Å². The lowest BCUT2D eigenvalue weighted by Gasteiger charge is -2.24. The lowest BCUT2D eigenvalue weighted by atomic mass is 10.1. The Morgan fingerprint density at radius 2 is 2.21 bits per heavy atom. The van der Waals surface area contributed by atoms with E-state index in [2.05, 4.69) is 16.0 Å². The summed E-state index contributed by atoms with van der Waals surface area (Å²) < 4.78 is 5.51. The van der Waals surface area contributed by atoms with E-state index in [0.29, 0.717) is 13.2 Å². The highest BCUT2D eigenvalue weighted by Crippen LogP contribution is 2.31. The minimum atomic E-state index is -0.384. The van der Waals surface area contributed by atoms with Gasteiger partial charge in [-0.05, 0) is 6.07 Å². The van der Waals surface area contributed by atoms with Gasteiger partial charge in [0.25, 0.3) is 0 Å². The van der Waals surface area contributed by atoms with Crippen molar-refractivity contribution in [1.82, 2.24) is 16.0 Å². The fraction of sp³-hybridized carbons (Fsp3) is 0.385. The smallest absolute Gasteiger partial charge is 0.239 e. The molecule has 2 heterocycles. The molecule has 0 bridgehead atoms. The van der Waals surface area contributed by atoms with Crippen LogP contribution in [0.3, 0.4) is 0 Å². The zero-order valence-corrected chi connectivity index (χ0v) is 10.3. The van der Waals surface area contributed by atoms with Gasteiger partial charge in [-0.25, -0.2) is 0 Å². The van der Waals surface area contributed by atoms with Crippen molar-refractivity contribution in [1.29, 1.82) is 0 Å². The van der Waals surface area contributed by atoms with Crippen molar-refractivity contribution in [2.45, 2.75) is 12.1 Å². The topological polar surface area (TPSA) is 79.5 Å². The monoisotopic (exact) mass is 261 g/mol. The summed E-state index contributed by atoms with van der Waals surface area (Å²) >= 11 is 0. The van der Waals surface area contributed by atoms with Crippen LogP contribution >= 0.6 is 0 Å². The molecule has 100 valence electrons. The Balaban J connectivity index is 1.63. The summed E-state index contributed by atoms with van der Waals surface area (Å²) in [5.74, 6) is 0.613. The summed E-state index contributed by atoms with van der Waals surface area (Å²) in [6.45, 7) is 0.944. The highest BCUT2D eigenvalue weighted by molar-refractivity contribution is 5.87. The van der Waals surface area contributed by atoms with Gasteiger partial charge >= 0.3 is 0 Å². The average Bonchev–Trinajstić information content (AvgIpc) is 2.83. The van der Waals surface area contributed by atoms with Crippen LogP contribution in [0, 0.1) is 0 Å². The first-order valence-corrected chi connectivity index (χ1v) is 6.26. The number of benzene rings is 1. The Bertz CT molecular complexity index is 508. The number of hydrogen-bond acceptors (Lipinski definition) is 4. The van der Waals surface area contributed by atoms with Crippen molar-refractivity contribution in [3.8, 4) is 5.75 Å². The van der Waals surface area contributed by atoms with Crippen LogP contribution in [0.5, 0.6) is 5.75 Å². The van der Waals surface area contributed by atoms with Gasteiger partial charge in [0.15, 0.2) is 0 Å². The fourth-order valence-electron chi connectivity index (χ4n) is 2.31. The van der Waals surface area contributed by atoms with Crippen molar-refractivity contribution in [3.63, 3.8) is 0 Å². The van der Waals surface area contributed by atoms with E-state index in [1.165, 1.54) is 0 Å². The molecule has 0 aliphatic carbocycles. The van der Waals surface area contributed by atoms with Crippen LogP contribution in [0.4, 0.5) is 0 Å². The molecule has 2 aliphatic heterocycles. The van der Waals surface area contributed by atoms with Crippen LogP contribution in [0.25, 0.3) is 0 Å². The molecule has 6 heteroatoms. The molecule has 19 heavy (non-hydrogen) atoms. The second-order valence-corrected chi connectivity index (χ2v) is 4.65. The number of rotatable bonds is 2. The molecule has 0 spiro atoms. The van der Waals surface area contributed by atoms with Crippen LogP contribution in [0.15, 0.2) is 24.3 Å². The normalized spacial score (nSPS) is 25.2. The molecule has 2 unspecified atom stereocenters. The van der Waals surface area contributed by atoms with Gasteiger partial charge in [-0.1, -0.05) is 18.2 Å². The maximum absolute atomic E-state index is 12.1.